The summed E-state index contributed by atoms with van der Waals surface area (Å²) in [5, 5.41) is 7.76. The number of carbonyl (C=O) groups excluding carboxylic acids is 2. The van der Waals surface area contributed by atoms with E-state index < -0.39 is 6.04 Å². The van der Waals surface area contributed by atoms with Crippen LogP contribution in [0.15, 0.2) is 40.8 Å². The lowest BCUT2D eigenvalue weighted by Crippen LogP contribution is -3.15. The van der Waals surface area contributed by atoms with Crippen molar-refractivity contribution in [2.75, 3.05) is 26.0 Å². The largest absolute Gasteiger partial charge is 0.495 e. The minimum atomic E-state index is -0.438. The van der Waals surface area contributed by atoms with Crippen molar-refractivity contribution < 1.29 is 23.6 Å². The molecule has 0 radical (unpaired) electrons. The number of methoxy groups -OCH3 is 1. The van der Waals surface area contributed by atoms with Gasteiger partial charge in [0.05, 0.1) is 19.8 Å². The molecule has 1 aromatic heterocycles. The van der Waals surface area contributed by atoms with Crippen molar-refractivity contribution in [2.45, 2.75) is 39.3 Å². The second-order valence-corrected chi connectivity index (χ2v) is 8.68. The zero-order chi connectivity index (χ0) is 22.1. The second kappa shape index (κ2) is 8.36. The zero-order valence-electron chi connectivity index (χ0n) is 18.4. The molecule has 30 heavy (non-hydrogen) atoms. The van der Waals surface area contributed by atoms with Gasteiger partial charge in [-0.1, -0.05) is 18.2 Å². The number of anilines is 1. The third-order valence-electron chi connectivity index (χ3n) is 5.04. The second-order valence-electron chi connectivity index (χ2n) is 8.68. The molecule has 160 valence electrons. The molecule has 0 aliphatic carbocycles. The number of ether oxygens (including phenoxy) is 1. The van der Waals surface area contributed by atoms with Gasteiger partial charge in [-0.2, -0.15) is 0 Å². The Labute approximate surface area is 176 Å². The van der Waals surface area contributed by atoms with Gasteiger partial charge in [0.2, 0.25) is 0 Å². The minimum Gasteiger partial charge on any atom is -0.495 e. The Bertz CT molecular complexity index is 1080. The van der Waals surface area contributed by atoms with Gasteiger partial charge < -0.3 is 24.7 Å². The number of likely N-dealkylation sites (N-methyl/N-ethyl adjacent to an activating group) is 1. The fourth-order valence-electron chi connectivity index (χ4n) is 3.35. The average Bonchev–Trinajstić information content (AvgIpc) is 3.02. The summed E-state index contributed by atoms with van der Waals surface area (Å²) >= 11 is 0. The van der Waals surface area contributed by atoms with E-state index in [-0.39, 0.29) is 23.9 Å². The SMILES string of the molecule is COc1cc2c(cc1NC(=O)[C@H](C)[NH+](C)CC(=O)NC(C)(C)C)oc1ccccc12. The van der Waals surface area contributed by atoms with E-state index in [1.165, 1.54) is 0 Å². The van der Waals surface area contributed by atoms with Crippen molar-refractivity contribution >= 4 is 39.4 Å². The highest BCUT2D eigenvalue weighted by Crippen LogP contribution is 2.36. The van der Waals surface area contributed by atoms with Gasteiger partial charge in [-0.3, -0.25) is 9.59 Å². The summed E-state index contributed by atoms with van der Waals surface area (Å²) in [6.45, 7) is 7.78. The van der Waals surface area contributed by atoms with E-state index in [1.54, 1.807) is 20.1 Å². The summed E-state index contributed by atoms with van der Waals surface area (Å²) in [7, 11) is 3.39. The van der Waals surface area contributed by atoms with Crippen LogP contribution in [0.25, 0.3) is 21.9 Å². The van der Waals surface area contributed by atoms with E-state index in [9.17, 15) is 9.59 Å². The molecule has 0 fully saturated rings. The van der Waals surface area contributed by atoms with E-state index in [2.05, 4.69) is 10.6 Å². The van der Waals surface area contributed by atoms with Gasteiger partial charge in [-0.25, -0.2) is 0 Å². The summed E-state index contributed by atoms with van der Waals surface area (Å²) in [6, 6.07) is 11.0. The molecule has 7 nitrogen and oxygen atoms in total. The first-order valence-corrected chi connectivity index (χ1v) is 10.0. The van der Waals surface area contributed by atoms with Gasteiger partial charge >= 0.3 is 0 Å². The van der Waals surface area contributed by atoms with Crippen LogP contribution >= 0.6 is 0 Å². The van der Waals surface area contributed by atoms with Crippen LogP contribution in [0.1, 0.15) is 27.7 Å². The van der Waals surface area contributed by atoms with Crippen LogP contribution in [0.4, 0.5) is 5.69 Å². The average molecular weight is 413 g/mol. The number of amides is 2. The molecule has 0 aliphatic heterocycles. The maximum atomic E-state index is 12.8. The van der Waals surface area contributed by atoms with Crippen LogP contribution in [-0.2, 0) is 9.59 Å². The van der Waals surface area contributed by atoms with Gasteiger partial charge in [0.15, 0.2) is 12.6 Å². The fraction of sp³-hybridized carbons (Fsp3) is 0.391. The lowest BCUT2D eigenvalue weighted by Gasteiger charge is -2.24. The van der Waals surface area contributed by atoms with Crippen molar-refractivity contribution in [1.82, 2.24) is 5.32 Å². The number of carbonyl (C=O) groups is 2. The van der Waals surface area contributed by atoms with Gasteiger partial charge in [0, 0.05) is 22.4 Å². The number of quaternary nitrogens is 1. The minimum absolute atomic E-state index is 0.0964. The van der Waals surface area contributed by atoms with Crippen LogP contribution in [0.2, 0.25) is 0 Å². The Kier molecular flexibility index (Phi) is 6.03. The Morgan fingerprint density at radius 2 is 1.83 bits per heavy atom. The van der Waals surface area contributed by atoms with Crippen molar-refractivity contribution in [3.8, 4) is 5.75 Å². The standard InChI is InChI=1S/C23H29N3O4/c1-14(26(5)13-21(27)25-23(2,3)4)22(28)24-17-12-19-16(11-20(17)29-6)15-9-7-8-10-18(15)30-19/h7-12,14H,13H2,1-6H3,(H,24,28)(H,25,27)/p+1/t14-/m0/s1. The molecule has 3 rings (SSSR count). The van der Waals surface area contributed by atoms with E-state index in [0.29, 0.717) is 17.0 Å². The molecule has 0 aliphatic rings. The van der Waals surface area contributed by atoms with Crippen molar-refractivity contribution in [3.05, 3.63) is 36.4 Å². The molecule has 2 amide bonds. The van der Waals surface area contributed by atoms with Crippen molar-refractivity contribution in [2.24, 2.45) is 0 Å². The Morgan fingerprint density at radius 3 is 2.50 bits per heavy atom. The number of hydrogen-bond donors (Lipinski definition) is 3. The molecule has 0 bridgehead atoms. The normalized spacial score (nSPS) is 13.8. The van der Waals surface area contributed by atoms with E-state index >= 15 is 0 Å². The van der Waals surface area contributed by atoms with Crippen LogP contribution < -0.4 is 20.3 Å². The number of nitrogens with one attached hydrogen (secondary N) is 3. The summed E-state index contributed by atoms with van der Waals surface area (Å²) in [5.41, 5.74) is 1.68. The molecule has 3 aromatic rings. The maximum Gasteiger partial charge on any atom is 0.282 e. The first-order chi connectivity index (χ1) is 14.1. The number of rotatable bonds is 6. The van der Waals surface area contributed by atoms with E-state index in [1.807, 2.05) is 58.2 Å². The monoisotopic (exact) mass is 412 g/mol. The molecule has 1 heterocycles. The Morgan fingerprint density at radius 1 is 1.13 bits per heavy atom. The number of benzene rings is 2. The van der Waals surface area contributed by atoms with Gasteiger partial charge in [0.1, 0.15) is 16.9 Å². The number of hydrogen-bond acceptors (Lipinski definition) is 4. The van der Waals surface area contributed by atoms with Gasteiger partial charge in [-0.05, 0) is 39.8 Å². The molecule has 2 aromatic carbocycles. The molecule has 1 unspecified atom stereocenters. The summed E-state index contributed by atoms with van der Waals surface area (Å²) in [6.07, 6.45) is 0. The molecule has 3 N–H and O–H groups in total. The molecule has 7 heteroatoms. The topological polar surface area (TPSA) is 85.0 Å². The Balaban J connectivity index is 1.78. The fourth-order valence-corrected chi connectivity index (χ4v) is 3.35. The highest BCUT2D eigenvalue weighted by molar-refractivity contribution is 6.08. The predicted octanol–water partition coefficient (Wildman–Crippen LogP) is 2.35. The summed E-state index contributed by atoms with van der Waals surface area (Å²) < 4.78 is 11.4. The molecule has 2 atom stereocenters. The highest BCUT2D eigenvalue weighted by atomic mass is 16.5. The van der Waals surface area contributed by atoms with Crippen LogP contribution in [0.5, 0.6) is 5.75 Å². The van der Waals surface area contributed by atoms with E-state index in [4.69, 9.17) is 9.15 Å². The highest BCUT2D eigenvalue weighted by Gasteiger charge is 2.26. The first-order valence-electron chi connectivity index (χ1n) is 10.0. The van der Waals surface area contributed by atoms with Gasteiger partial charge in [0.25, 0.3) is 11.8 Å². The molecule has 0 spiro atoms. The molecule has 0 saturated carbocycles. The molecular weight excluding hydrogens is 382 g/mol. The van der Waals surface area contributed by atoms with Crippen LogP contribution in [0.3, 0.4) is 0 Å². The van der Waals surface area contributed by atoms with Crippen molar-refractivity contribution in [1.29, 1.82) is 0 Å². The van der Waals surface area contributed by atoms with Gasteiger partial charge in [-0.15, -0.1) is 0 Å². The number of fused-ring (bicyclic) bond motifs is 3. The third-order valence-corrected chi connectivity index (χ3v) is 5.04. The lowest BCUT2D eigenvalue weighted by molar-refractivity contribution is -0.885. The summed E-state index contributed by atoms with van der Waals surface area (Å²) in [4.78, 5) is 25.8. The third kappa shape index (κ3) is 4.74. The quantitative estimate of drug-likeness (QED) is 0.580. The number of para-hydroxylation sites is 1. The Hall–Kier alpha value is -3.06. The summed E-state index contributed by atoms with van der Waals surface area (Å²) in [5.74, 6) is 0.253. The van der Waals surface area contributed by atoms with E-state index in [0.717, 1.165) is 21.3 Å². The molecule has 0 saturated heterocycles. The zero-order valence-corrected chi connectivity index (χ0v) is 18.4. The first kappa shape index (κ1) is 21.6. The predicted molar refractivity (Wildman–Crippen MR) is 118 cm³/mol. The van der Waals surface area contributed by atoms with Crippen molar-refractivity contribution in [3.63, 3.8) is 0 Å². The van der Waals surface area contributed by atoms with Crippen LogP contribution in [0, 0.1) is 0 Å². The lowest BCUT2D eigenvalue weighted by atomic mass is 10.1. The van der Waals surface area contributed by atoms with Crippen LogP contribution in [-0.4, -0.2) is 44.1 Å². The number of furan rings is 1. The maximum absolute atomic E-state index is 12.8. The molecular formula is C23H30N3O4+. The smallest absolute Gasteiger partial charge is 0.282 e.